The lowest BCUT2D eigenvalue weighted by atomic mass is 9.94. The molecule has 1 fully saturated rings. The molecule has 0 saturated heterocycles. The molecular weight excluding hydrogens is 489 g/mol. The maximum absolute atomic E-state index is 14.9. The second-order valence-electron chi connectivity index (χ2n) is 9.09. The highest BCUT2D eigenvalue weighted by molar-refractivity contribution is 7.84. The molecule has 3 aromatic rings. The third-order valence-corrected chi connectivity index (χ3v) is 8.21. The molecule has 9 heteroatoms. The molecule has 4 atom stereocenters. The van der Waals surface area contributed by atoms with Crippen LogP contribution in [0.4, 0.5) is 4.39 Å². The zero-order valence-corrected chi connectivity index (χ0v) is 20.7. The standard InChI is InChI=1S/C26H23ClFN3O3S/c1-14-19(7-4-8-30-14)25(33)31(23(24(29)32)15-5-3-6-18(9-15)35(2)34)26-13-16(26)10-20-21(26)11-17(27)12-22(20)28/h3-9,11-12,16,23H,10,13H2,1-2H3,(H2,29,32)/t16?,23-,26?,35?/m1/s1. The number of nitrogens with two attached hydrogens (primary N) is 1. The number of carbonyl (C=O) groups excluding carboxylic acids is 2. The van der Waals surface area contributed by atoms with Gasteiger partial charge in [-0.05, 0) is 78.8 Å². The Morgan fingerprint density at radius 2 is 2.03 bits per heavy atom. The van der Waals surface area contributed by atoms with Crippen LogP contribution in [0.5, 0.6) is 0 Å². The minimum atomic E-state index is -1.31. The summed E-state index contributed by atoms with van der Waals surface area (Å²) in [7, 11) is -1.31. The molecule has 2 aliphatic carbocycles. The van der Waals surface area contributed by atoms with E-state index in [9.17, 15) is 18.2 Å². The highest BCUT2D eigenvalue weighted by Gasteiger charge is 2.67. The van der Waals surface area contributed by atoms with Crippen molar-refractivity contribution < 1.29 is 18.2 Å². The first kappa shape index (κ1) is 23.6. The van der Waals surface area contributed by atoms with Gasteiger partial charge in [0.2, 0.25) is 5.91 Å². The summed E-state index contributed by atoms with van der Waals surface area (Å²) in [4.78, 5) is 33.5. The van der Waals surface area contributed by atoms with Crippen molar-refractivity contribution in [1.29, 1.82) is 0 Å². The number of halogens is 2. The largest absolute Gasteiger partial charge is 0.368 e. The van der Waals surface area contributed by atoms with E-state index >= 15 is 0 Å². The zero-order valence-electron chi connectivity index (χ0n) is 19.1. The van der Waals surface area contributed by atoms with E-state index in [1.165, 1.54) is 17.2 Å². The number of benzene rings is 2. The van der Waals surface area contributed by atoms with Crippen LogP contribution in [0.15, 0.2) is 59.6 Å². The van der Waals surface area contributed by atoms with Crippen molar-refractivity contribution in [3.63, 3.8) is 0 Å². The predicted molar refractivity (Wildman–Crippen MR) is 131 cm³/mol. The first-order valence-electron chi connectivity index (χ1n) is 11.1. The fraction of sp³-hybridized carbons (Fsp3) is 0.269. The van der Waals surface area contributed by atoms with Gasteiger partial charge in [0.15, 0.2) is 0 Å². The Bertz CT molecular complexity index is 1410. The zero-order chi connectivity index (χ0) is 25.1. The van der Waals surface area contributed by atoms with Crippen LogP contribution < -0.4 is 5.73 Å². The van der Waals surface area contributed by atoms with Gasteiger partial charge < -0.3 is 10.6 Å². The van der Waals surface area contributed by atoms with Crippen molar-refractivity contribution in [2.45, 2.75) is 36.2 Å². The fourth-order valence-electron chi connectivity index (χ4n) is 5.43. The number of aryl methyl sites for hydroxylation is 1. The molecule has 3 unspecified atom stereocenters. The van der Waals surface area contributed by atoms with E-state index in [0.717, 1.165) is 0 Å². The van der Waals surface area contributed by atoms with Gasteiger partial charge in [0, 0.05) is 38.9 Å². The summed E-state index contributed by atoms with van der Waals surface area (Å²) in [5, 5.41) is 0.220. The maximum Gasteiger partial charge on any atom is 0.257 e. The van der Waals surface area contributed by atoms with Crippen molar-refractivity contribution in [2.24, 2.45) is 11.7 Å². The van der Waals surface area contributed by atoms with Crippen LogP contribution in [0.3, 0.4) is 0 Å². The predicted octanol–water partition coefficient (Wildman–Crippen LogP) is 4.06. The Hall–Kier alpha value is -3.10. The van der Waals surface area contributed by atoms with Crippen LogP contribution in [0.25, 0.3) is 0 Å². The second kappa shape index (κ2) is 8.53. The summed E-state index contributed by atoms with van der Waals surface area (Å²) in [5.41, 5.74) is 7.37. The van der Waals surface area contributed by atoms with E-state index in [-0.39, 0.29) is 10.9 Å². The topological polar surface area (TPSA) is 93.4 Å². The first-order valence-corrected chi connectivity index (χ1v) is 13.0. The lowest BCUT2D eigenvalue weighted by Crippen LogP contribution is -2.48. The number of rotatable bonds is 6. The summed E-state index contributed by atoms with van der Waals surface area (Å²) < 4.78 is 27.0. The van der Waals surface area contributed by atoms with Crippen LogP contribution >= 0.6 is 11.6 Å². The number of hydrogen-bond acceptors (Lipinski definition) is 4. The molecule has 180 valence electrons. The van der Waals surface area contributed by atoms with Gasteiger partial charge in [0.05, 0.1) is 11.1 Å². The van der Waals surface area contributed by atoms with Gasteiger partial charge in [-0.15, -0.1) is 0 Å². The molecule has 1 heterocycles. The Balaban J connectivity index is 1.74. The second-order valence-corrected chi connectivity index (χ2v) is 10.9. The molecule has 35 heavy (non-hydrogen) atoms. The third kappa shape index (κ3) is 3.76. The molecule has 0 radical (unpaired) electrons. The Morgan fingerprint density at radius 3 is 2.71 bits per heavy atom. The maximum atomic E-state index is 14.9. The monoisotopic (exact) mass is 511 g/mol. The molecule has 0 spiro atoms. The van der Waals surface area contributed by atoms with E-state index in [4.69, 9.17) is 17.3 Å². The number of primary amides is 1. The third-order valence-electron chi connectivity index (χ3n) is 7.07. The first-order chi connectivity index (χ1) is 16.6. The SMILES string of the molecule is Cc1ncccc1C(=O)N([C@@H](C(N)=O)c1cccc(S(C)=O)c1)C12CC1Cc1c(F)cc(Cl)cc12. The van der Waals surface area contributed by atoms with Crippen LogP contribution in [0.2, 0.25) is 5.02 Å². The van der Waals surface area contributed by atoms with Crippen molar-refractivity contribution in [3.05, 3.63) is 93.5 Å². The van der Waals surface area contributed by atoms with Crippen LogP contribution in [0.1, 0.15) is 45.2 Å². The molecule has 2 N–H and O–H groups in total. The van der Waals surface area contributed by atoms with Crippen molar-refractivity contribution >= 4 is 34.2 Å². The van der Waals surface area contributed by atoms with Gasteiger partial charge in [0.25, 0.3) is 5.91 Å². The molecule has 1 saturated carbocycles. The molecular formula is C26H23ClFN3O3S. The number of nitrogens with zero attached hydrogens (tertiary/aromatic N) is 2. The quantitative estimate of drug-likeness (QED) is 0.540. The molecule has 2 aliphatic rings. The molecule has 5 rings (SSSR count). The number of amides is 2. The van der Waals surface area contributed by atoms with Gasteiger partial charge in [-0.2, -0.15) is 0 Å². The average molecular weight is 512 g/mol. The summed E-state index contributed by atoms with van der Waals surface area (Å²) >= 11 is 6.24. The van der Waals surface area contributed by atoms with Crippen molar-refractivity contribution in [3.8, 4) is 0 Å². The molecule has 0 aliphatic heterocycles. The van der Waals surface area contributed by atoms with Gasteiger partial charge >= 0.3 is 0 Å². The van der Waals surface area contributed by atoms with Gasteiger partial charge in [-0.3, -0.25) is 18.8 Å². The average Bonchev–Trinajstić information content (AvgIpc) is 3.44. The summed E-state index contributed by atoms with van der Waals surface area (Å²) in [6, 6.07) is 11.8. The van der Waals surface area contributed by atoms with E-state index in [1.54, 1.807) is 55.6 Å². The minimum absolute atomic E-state index is 0.0864. The Labute approximate surface area is 209 Å². The fourth-order valence-corrected chi connectivity index (χ4v) is 6.21. The van der Waals surface area contributed by atoms with E-state index in [1.807, 2.05) is 0 Å². The summed E-state index contributed by atoms with van der Waals surface area (Å²) in [6.45, 7) is 1.71. The van der Waals surface area contributed by atoms with Gasteiger partial charge in [-0.25, -0.2) is 4.39 Å². The lowest BCUT2D eigenvalue weighted by Gasteiger charge is -2.38. The number of carbonyl (C=O) groups is 2. The van der Waals surface area contributed by atoms with Crippen LogP contribution in [-0.2, 0) is 27.6 Å². The van der Waals surface area contributed by atoms with Crippen molar-refractivity contribution in [1.82, 2.24) is 9.88 Å². The highest BCUT2D eigenvalue weighted by Crippen LogP contribution is 2.66. The smallest absolute Gasteiger partial charge is 0.257 e. The van der Waals surface area contributed by atoms with Gasteiger partial charge in [0.1, 0.15) is 11.9 Å². The van der Waals surface area contributed by atoms with E-state index in [0.29, 0.717) is 45.7 Å². The Morgan fingerprint density at radius 1 is 1.26 bits per heavy atom. The number of pyridine rings is 1. The van der Waals surface area contributed by atoms with Crippen LogP contribution in [-0.4, -0.2) is 32.2 Å². The molecule has 6 nitrogen and oxygen atoms in total. The lowest BCUT2D eigenvalue weighted by molar-refractivity contribution is -0.124. The van der Waals surface area contributed by atoms with E-state index < -0.39 is 40.0 Å². The van der Waals surface area contributed by atoms with Crippen molar-refractivity contribution in [2.75, 3.05) is 6.26 Å². The molecule has 2 aromatic carbocycles. The Kier molecular flexibility index (Phi) is 5.76. The number of hydrogen-bond donors (Lipinski definition) is 1. The number of fused-ring (bicyclic) bond motifs is 3. The molecule has 1 aromatic heterocycles. The number of aromatic nitrogens is 1. The van der Waals surface area contributed by atoms with Crippen LogP contribution in [0, 0.1) is 18.7 Å². The normalized spacial score (nSPS) is 21.5. The molecule has 2 amide bonds. The highest BCUT2D eigenvalue weighted by atomic mass is 35.5. The summed E-state index contributed by atoms with van der Waals surface area (Å²) in [5.74, 6) is -1.69. The minimum Gasteiger partial charge on any atom is -0.368 e. The molecule has 0 bridgehead atoms. The summed E-state index contributed by atoms with van der Waals surface area (Å²) in [6.07, 6.45) is 4.10. The van der Waals surface area contributed by atoms with Gasteiger partial charge in [-0.1, -0.05) is 23.7 Å². The van der Waals surface area contributed by atoms with E-state index in [2.05, 4.69) is 4.98 Å².